The number of carbonyl (C=O) groups is 3. The number of amides is 3. The molecular formula is C27H28Cl3N9O3. The first kappa shape index (κ1) is 30.8. The van der Waals surface area contributed by atoms with Gasteiger partial charge in [-0.2, -0.15) is 5.10 Å². The Hall–Kier alpha value is -4.10. The number of aromatic amines is 1. The molecule has 220 valence electrons. The van der Waals surface area contributed by atoms with Crippen molar-refractivity contribution in [3.8, 4) is 11.3 Å². The fourth-order valence-electron chi connectivity index (χ4n) is 4.47. The fourth-order valence-corrected chi connectivity index (χ4v) is 5.11. The maximum Gasteiger partial charge on any atom is 0.244 e. The van der Waals surface area contributed by atoms with Gasteiger partial charge in [0.25, 0.3) is 0 Å². The molecule has 0 unspecified atom stereocenters. The number of halogens is 3. The largest absolute Gasteiger partial charge is 0.343 e. The number of nitrogens with one attached hydrogen (secondary N) is 4. The van der Waals surface area contributed by atoms with Crippen molar-refractivity contribution in [2.24, 2.45) is 16.8 Å². The highest BCUT2D eigenvalue weighted by Crippen LogP contribution is 2.39. The summed E-state index contributed by atoms with van der Waals surface area (Å²) in [5.74, 6) is 11.0. The third kappa shape index (κ3) is 7.59. The van der Waals surface area contributed by atoms with Crippen LogP contribution in [0.3, 0.4) is 0 Å². The van der Waals surface area contributed by atoms with Crippen molar-refractivity contribution in [1.82, 2.24) is 15.3 Å². The lowest BCUT2D eigenvalue weighted by molar-refractivity contribution is -0.117. The number of anilines is 3. The lowest BCUT2D eigenvalue weighted by atomic mass is 10.1. The Morgan fingerprint density at radius 2 is 1.98 bits per heavy atom. The molecule has 1 atom stereocenters. The molecule has 1 aliphatic heterocycles. The topological polar surface area (TPSA) is 184 Å². The molecule has 2 bridgehead atoms. The summed E-state index contributed by atoms with van der Waals surface area (Å²) in [6.07, 6.45) is 7.54. The first-order chi connectivity index (χ1) is 20.2. The van der Waals surface area contributed by atoms with Crippen molar-refractivity contribution < 1.29 is 14.4 Å². The Labute approximate surface area is 256 Å². The van der Waals surface area contributed by atoms with Gasteiger partial charge in [-0.1, -0.05) is 47.6 Å². The molecule has 0 spiro atoms. The average Bonchev–Trinajstić information content (AvgIpc) is 3.33. The van der Waals surface area contributed by atoms with E-state index in [1.807, 2.05) is 0 Å². The predicted molar refractivity (Wildman–Crippen MR) is 166 cm³/mol. The van der Waals surface area contributed by atoms with Gasteiger partial charge in [0.2, 0.25) is 18.2 Å². The number of carbonyl (C=O) groups excluding carboxylic acids is 3. The summed E-state index contributed by atoms with van der Waals surface area (Å²) < 4.78 is 0. The van der Waals surface area contributed by atoms with Crippen LogP contribution in [0.25, 0.3) is 17.3 Å². The number of benzene rings is 2. The molecule has 3 amide bonds. The third-order valence-electron chi connectivity index (χ3n) is 6.45. The van der Waals surface area contributed by atoms with Gasteiger partial charge in [0.05, 0.1) is 28.1 Å². The van der Waals surface area contributed by atoms with Gasteiger partial charge in [-0.15, -0.1) is 0 Å². The highest BCUT2D eigenvalue weighted by atomic mass is 35.5. The lowest BCUT2D eigenvalue weighted by Gasteiger charge is -2.17. The lowest BCUT2D eigenvalue weighted by Crippen LogP contribution is -2.30. The first-order valence-electron chi connectivity index (χ1n) is 12.8. The van der Waals surface area contributed by atoms with Crippen LogP contribution in [-0.4, -0.2) is 34.5 Å². The van der Waals surface area contributed by atoms with Gasteiger partial charge in [-0.05, 0) is 49.2 Å². The molecule has 12 nitrogen and oxygen atoms in total. The maximum absolute atomic E-state index is 13.1. The monoisotopic (exact) mass is 631 g/mol. The number of nitrogens with zero attached hydrogens (tertiary/aromatic N) is 3. The summed E-state index contributed by atoms with van der Waals surface area (Å²) in [6, 6.07) is 7.55. The molecule has 1 aliphatic rings. The van der Waals surface area contributed by atoms with Crippen molar-refractivity contribution >= 4 is 82.5 Å². The first-order valence-corrected chi connectivity index (χ1v) is 14.0. The van der Waals surface area contributed by atoms with E-state index >= 15 is 0 Å². The van der Waals surface area contributed by atoms with Crippen molar-refractivity contribution in [2.75, 3.05) is 15.6 Å². The van der Waals surface area contributed by atoms with E-state index in [-0.39, 0.29) is 22.5 Å². The zero-order valence-corrected chi connectivity index (χ0v) is 24.4. The van der Waals surface area contributed by atoms with Crippen LogP contribution in [0.15, 0.2) is 41.5 Å². The van der Waals surface area contributed by atoms with E-state index < -0.39 is 11.9 Å². The summed E-state index contributed by atoms with van der Waals surface area (Å²) in [4.78, 5) is 44.6. The highest BCUT2D eigenvalue weighted by molar-refractivity contribution is 6.35. The third-order valence-corrected chi connectivity index (χ3v) is 7.27. The van der Waals surface area contributed by atoms with Crippen LogP contribution in [0.1, 0.15) is 49.5 Å². The molecule has 0 saturated heterocycles. The minimum atomic E-state index is -0.526. The molecule has 1 aromatic heterocycles. The van der Waals surface area contributed by atoms with E-state index in [1.165, 1.54) is 17.4 Å². The molecule has 15 heteroatoms. The zero-order valence-electron chi connectivity index (χ0n) is 22.2. The standard InChI is InChI=1S/C27H28Cl3N9O3/c28-16-7-8-22(39(32)13-34-31)15(10-16)6-9-24(42)35-19-4-2-1-3-5-23(41)36-20-12-21(33-14-40)18(29)11-17(20)25-26(30)38-27(19)37-25/h6-14,19H,1-5,31-32H2,(H,33,40)(H,35,42)(H,36,41)(H,37,38)/b9-6+,34-13-/t19-/m0/s1. The zero-order chi connectivity index (χ0) is 30.2. The van der Waals surface area contributed by atoms with E-state index in [0.29, 0.717) is 70.4 Å². The van der Waals surface area contributed by atoms with Gasteiger partial charge in [-0.3, -0.25) is 19.4 Å². The maximum atomic E-state index is 13.1. The van der Waals surface area contributed by atoms with Crippen LogP contribution in [0.5, 0.6) is 0 Å². The van der Waals surface area contributed by atoms with Gasteiger partial charge >= 0.3 is 0 Å². The Bertz CT molecular complexity index is 1540. The van der Waals surface area contributed by atoms with Crippen molar-refractivity contribution in [1.29, 1.82) is 0 Å². The van der Waals surface area contributed by atoms with Crippen molar-refractivity contribution in [3.05, 3.63) is 63.0 Å². The summed E-state index contributed by atoms with van der Waals surface area (Å²) in [5.41, 5.74) is 2.55. The van der Waals surface area contributed by atoms with Crippen LogP contribution in [0.2, 0.25) is 15.2 Å². The minimum absolute atomic E-state index is 0.188. The number of rotatable bonds is 7. The number of imidazole rings is 1. The molecule has 0 radical (unpaired) electrons. The number of H-pyrrole nitrogens is 1. The summed E-state index contributed by atoms with van der Waals surface area (Å²) >= 11 is 19.1. The van der Waals surface area contributed by atoms with Crippen LogP contribution in [0, 0.1) is 0 Å². The van der Waals surface area contributed by atoms with E-state index in [2.05, 4.69) is 31.0 Å². The van der Waals surface area contributed by atoms with Gasteiger partial charge < -0.3 is 26.8 Å². The SMILES string of the molecule is N/N=C\N(N)c1ccc(Cl)cc1/C=C/C(=O)N[C@H]1CCCCCC(=O)Nc2cc(NC=O)c(Cl)cc2-c2nc1[nH]c2Cl. The van der Waals surface area contributed by atoms with E-state index in [0.717, 1.165) is 6.42 Å². The predicted octanol–water partition coefficient (Wildman–Crippen LogP) is 4.96. The number of hydrogen-bond donors (Lipinski definition) is 6. The molecule has 0 fully saturated rings. The molecule has 4 rings (SSSR count). The number of hydrazone groups is 1. The van der Waals surface area contributed by atoms with Crippen LogP contribution >= 0.6 is 34.8 Å². The number of nitrogens with two attached hydrogens (primary N) is 2. The molecule has 8 N–H and O–H groups in total. The summed E-state index contributed by atoms with van der Waals surface area (Å²) in [6.45, 7) is 0. The quantitative estimate of drug-likeness (QED) is 0.0531. The summed E-state index contributed by atoms with van der Waals surface area (Å²) in [7, 11) is 0. The Kier molecular flexibility index (Phi) is 10.4. The molecule has 0 aliphatic carbocycles. The average molecular weight is 633 g/mol. The molecule has 2 aromatic carbocycles. The Balaban J connectivity index is 1.65. The normalized spacial score (nSPS) is 15.7. The second kappa shape index (κ2) is 14.2. The second-order valence-electron chi connectivity index (χ2n) is 9.34. The molecule has 3 aromatic rings. The fraction of sp³-hybridized carbons (Fsp3) is 0.222. The van der Waals surface area contributed by atoms with E-state index in [1.54, 1.807) is 36.4 Å². The minimum Gasteiger partial charge on any atom is -0.343 e. The van der Waals surface area contributed by atoms with Crippen LogP contribution in [0.4, 0.5) is 17.1 Å². The molecular weight excluding hydrogens is 605 g/mol. The Morgan fingerprint density at radius 1 is 1.17 bits per heavy atom. The molecule has 42 heavy (non-hydrogen) atoms. The smallest absolute Gasteiger partial charge is 0.244 e. The van der Waals surface area contributed by atoms with E-state index in [9.17, 15) is 14.4 Å². The van der Waals surface area contributed by atoms with Crippen LogP contribution < -0.4 is 32.6 Å². The summed E-state index contributed by atoms with van der Waals surface area (Å²) in [5, 5.41) is 13.9. The Morgan fingerprint density at radius 3 is 2.74 bits per heavy atom. The van der Waals surface area contributed by atoms with Crippen molar-refractivity contribution in [3.63, 3.8) is 0 Å². The van der Waals surface area contributed by atoms with Crippen molar-refractivity contribution in [2.45, 2.75) is 38.1 Å². The van der Waals surface area contributed by atoms with Gasteiger partial charge in [0.1, 0.15) is 23.0 Å². The number of hydrogen-bond acceptors (Lipinski definition) is 7. The van der Waals surface area contributed by atoms with Gasteiger partial charge in [-0.25, -0.2) is 10.8 Å². The number of fused-ring (bicyclic) bond motifs is 4. The van der Waals surface area contributed by atoms with Crippen LogP contribution in [-0.2, 0) is 14.4 Å². The molecule has 0 saturated carbocycles. The highest BCUT2D eigenvalue weighted by Gasteiger charge is 2.23. The van der Waals surface area contributed by atoms with Gasteiger partial charge in [0, 0.05) is 28.6 Å². The number of aromatic nitrogens is 2. The van der Waals surface area contributed by atoms with Gasteiger partial charge in [0.15, 0.2) is 0 Å². The molecule has 2 heterocycles. The van der Waals surface area contributed by atoms with E-state index in [4.69, 9.17) is 46.5 Å². The second-order valence-corrected chi connectivity index (χ2v) is 10.6. The number of hydrazine groups is 1.